The van der Waals surface area contributed by atoms with Gasteiger partial charge in [-0.3, -0.25) is 24.5 Å². The maximum Gasteiger partial charge on any atom is 0.408 e. The first kappa shape index (κ1) is 46.0. The minimum absolute atomic E-state index is 0.0129. The number of carboxylic acid groups (broad SMARTS) is 1. The highest BCUT2D eigenvalue weighted by Gasteiger charge is 2.35. The summed E-state index contributed by atoms with van der Waals surface area (Å²) in [4.78, 5) is 49.2. The molecular formula is C49H67N7O7. The van der Waals surface area contributed by atoms with Crippen molar-refractivity contribution < 1.29 is 34.1 Å². The van der Waals surface area contributed by atoms with Crippen LogP contribution in [0.15, 0.2) is 54.7 Å². The van der Waals surface area contributed by atoms with Crippen LogP contribution in [0.25, 0.3) is 33.3 Å². The molecule has 0 spiro atoms. The van der Waals surface area contributed by atoms with Gasteiger partial charge in [-0.25, -0.2) is 10.2 Å². The van der Waals surface area contributed by atoms with E-state index in [9.17, 15) is 24.6 Å². The van der Waals surface area contributed by atoms with E-state index in [0.717, 1.165) is 88.0 Å². The highest BCUT2D eigenvalue weighted by molar-refractivity contribution is 5.96. The van der Waals surface area contributed by atoms with Crippen LogP contribution in [-0.4, -0.2) is 118 Å². The van der Waals surface area contributed by atoms with Crippen LogP contribution in [0, 0.1) is 5.41 Å². The molecule has 0 bridgehead atoms. The summed E-state index contributed by atoms with van der Waals surface area (Å²) in [6.07, 6.45) is 5.29. The first-order chi connectivity index (χ1) is 30.0. The molecule has 4 aromatic rings. The second-order valence-corrected chi connectivity index (χ2v) is 19.3. The third kappa shape index (κ3) is 10.7. The third-order valence-electron chi connectivity index (χ3n) is 12.6. The van der Waals surface area contributed by atoms with E-state index in [-0.39, 0.29) is 19.1 Å². The summed E-state index contributed by atoms with van der Waals surface area (Å²) in [6, 6.07) is 15.6. The van der Waals surface area contributed by atoms with Gasteiger partial charge in [0.1, 0.15) is 17.7 Å². The van der Waals surface area contributed by atoms with Crippen molar-refractivity contribution in [1.82, 2.24) is 30.2 Å². The van der Waals surface area contributed by atoms with Crippen LogP contribution in [0.5, 0.6) is 0 Å². The topological polar surface area (TPSA) is 162 Å². The zero-order valence-electron chi connectivity index (χ0n) is 38.4. The van der Waals surface area contributed by atoms with Crippen molar-refractivity contribution in [3.63, 3.8) is 0 Å². The van der Waals surface area contributed by atoms with Gasteiger partial charge in [0.25, 0.3) is 5.91 Å². The van der Waals surface area contributed by atoms with Crippen LogP contribution < -0.4 is 15.6 Å². The van der Waals surface area contributed by atoms with Crippen molar-refractivity contribution in [3.8, 4) is 22.4 Å². The smallest absolute Gasteiger partial charge is 0.408 e. The van der Waals surface area contributed by atoms with E-state index in [0.29, 0.717) is 32.4 Å². The number of methoxy groups -OCH3 is 1. The first-order valence-electron chi connectivity index (χ1n) is 22.7. The van der Waals surface area contributed by atoms with Gasteiger partial charge < -0.3 is 34.5 Å². The lowest BCUT2D eigenvalue weighted by Gasteiger charge is -2.36. The third-order valence-corrected chi connectivity index (χ3v) is 12.6. The van der Waals surface area contributed by atoms with Gasteiger partial charge in [0.2, 0.25) is 0 Å². The van der Waals surface area contributed by atoms with Crippen molar-refractivity contribution in [2.24, 2.45) is 5.41 Å². The summed E-state index contributed by atoms with van der Waals surface area (Å²) in [5, 5.41) is 25.5. The van der Waals surface area contributed by atoms with Gasteiger partial charge in [-0.15, -0.1) is 0 Å². The number of fused-ring (bicyclic) bond motifs is 1. The molecule has 63 heavy (non-hydrogen) atoms. The Morgan fingerprint density at radius 1 is 0.968 bits per heavy atom. The summed E-state index contributed by atoms with van der Waals surface area (Å²) >= 11 is 0. The summed E-state index contributed by atoms with van der Waals surface area (Å²) in [5.74, 6) is -1.48. The van der Waals surface area contributed by atoms with Gasteiger partial charge in [0, 0.05) is 81.9 Å². The lowest BCUT2D eigenvalue weighted by molar-refractivity contribution is -0.147. The lowest BCUT2D eigenvalue weighted by atomic mass is 9.84. The number of carboxylic acids is 1. The monoisotopic (exact) mass is 866 g/mol. The number of alkyl carbamates (subject to hydrolysis) is 1. The average molecular weight is 866 g/mol. The normalized spacial score (nSPS) is 18.7. The number of hydrogen-bond acceptors (Lipinski definition) is 10. The predicted molar refractivity (Wildman–Crippen MR) is 245 cm³/mol. The molecule has 0 radical (unpaired) electrons. The summed E-state index contributed by atoms with van der Waals surface area (Å²) < 4.78 is 13.9. The quantitative estimate of drug-likeness (QED) is 0.0978. The fraction of sp³-hybridized carbons (Fsp3) is 0.551. The molecule has 2 aromatic carbocycles. The molecule has 1 saturated carbocycles. The number of aliphatic hydroxyl groups is 1. The van der Waals surface area contributed by atoms with E-state index in [1.54, 1.807) is 27.9 Å². The molecule has 3 fully saturated rings. The number of nitrogens with one attached hydrogen (secondary N) is 2. The molecule has 7 rings (SSSR count). The van der Waals surface area contributed by atoms with Gasteiger partial charge in [-0.2, -0.15) is 0 Å². The standard InChI is InChI=1S/C49H67N7O7/c1-9-55-42-18-15-34(33-13-10-12-32(24-33)25-41(51-47(61)63-48(3,4)5)45(58)56-19-11-14-40(52-56)46(59)60)26-37(42)39(28-49(6,7)30-57)44(55)38-27-36(29-50-43(38)31(2)62-8)54-22-20-53(21-23-54)35-16-17-35/h10,12-13,15,18,24,26-27,29,31,35,40-41,52,57H,9,11,14,16-17,19-23,25,28,30H2,1-8H3,(H,51,61)(H,59,60)/t31-,40-,41-/m0/s1. The second kappa shape index (κ2) is 19.0. The number of aromatic nitrogens is 2. The maximum atomic E-state index is 14.0. The molecule has 14 heteroatoms. The van der Waals surface area contributed by atoms with Crippen LogP contribution in [-0.2, 0) is 38.4 Å². The number of aliphatic hydroxyl groups excluding tert-OH is 1. The van der Waals surface area contributed by atoms with Crippen molar-refractivity contribution in [3.05, 3.63) is 71.5 Å². The number of aryl methyl sites for hydroxylation is 1. The Morgan fingerprint density at radius 2 is 1.70 bits per heavy atom. The van der Waals surface area contributed by atoms with Gasteiger partial charge in [0.15, 0.2) is 0 Å². The maximum absolute atomic E-state index is 14.0. The van der Waals surface area contributed by atoms with E-state index < -0.39 is 41.1 Å². The molecular weight excluding hydrogens is 799 g/mol. The summed E-state index contributed by atoms with van der Waals surface area (Å²) in [5.41, 5.74) is 10.6. The van der Waals surface area contributed by atoms with Crippen LogP contribution in [0.3, 0.4) is 0 Å². The Hall–Kier alpha value is -5.02. The number of amides is 2. The molecule has 0 unspecified atom stereocenters. The average Bonchev–Trinajstić information content (AvgIpc) is 4.08. The Morgan fingerprint density at radius 3 is 2.35 bits per heavy atom. The van der Waals surface area contributed by atoms with Gasteiger partial charge in [0.05, 0.1) is 29.4 Å². The van der Waals surface area contributed by atoms with Crippen molar-refractivity contribution in [1.29, 1.82) is 0 Å². The number of carbonyl (C=O) groups excluding carboxylic acids is 2. The molecule has 3 atom stereocenters. The minimum Gasteiger partial charge on any atom is -0.480 e. The van der Waals surface area contributed by atoms with Crippen molar-refractivity contribution in [2.45, 2.75) is 123 Å². The number of pyridine rings is 1. The van der Waals surface area contributed by atoms with Crippen LogP contribution in [0.4, 0.5) is 10.5 Å². The molecule has 2 amide bonds. The van der Waals surface area contributed by atoms with E-state index in [1.807, 2.05) is 37.4 Å². The zero-order valence-corrected chi connectivity index (χ0v) is 38.4. The van der Waals surface area contributed by atoms with E-state index in [2.05, 4.69) is 70.1 Å². The number of rotatable bonds is 15. The fourth-order valence-corrected chi connectivity index (χ4v) is 9.08. The Labute approximate surface area is 371 Å². The molecule has 2 aliphatic heterocycles. The Balaban J connectivity index is 1.28. The van der Waals surface area contributed by atoms with Gasteiger partial charge in [-0.1, -0.05) is 44.2 Å². The number of benzene rings is 2. The molecule has 3 aliphatic rings. The molecule has 1 aliphatic carbocycles. The predicted octanol–water partition coefficient (Wildman–Crippen LogP) is 6.96. The van der Waals surface area contributed by atoms with Crippen LogP contribution in [0.2, 0.25) is 0 Å². The second-order valence-electron chi connectivity index (χ2n) is 19.3. The largest absolute Gasteiger partial charge is 0.480 e. The Kier molecular flexibility index (Phi) is 13.9. The number of ether oxygens (including phenoxy) is 2. The zero-order chi connectivity index (χ0) is 45.2. The number of piperazine rings is 1. The Bertz CT molecular complexity index is 2290. The molecule has 2 aromatic heterocycles. The van der Waals surface area contributed by atoms with Crippen molar-refractivity contribution >= 4 is 34.6 Å². The SMILES string of the molecule is CCn1c(-c2cc(N3CCN(C4CC4)CC3)cnc2[C@H](C)OC)c(CC(C)(C)CO)c2cc(-c3cccc(C[C@H](NC(=O)OC(C)(C)C)C(=O)N4CCC[C@@H](C(=O)O)N4)c3)ccc21. The number of nitrogens with zero attached hydrogens (tertiary/aromatic N) is 5. The van der Waals surface area contributed by atoms with Crippen molar-refractivity contribution in [2.75, 3.05) is 51.3 Å². The van der Waals surface area contributed by atoms with Gasteiger partial charge >= 0.3 is 12.1 Å². The molecule has 14 nitrogen and oxygen atoms in total. The molecule has 4 heterocycles. The minimum atomic E-state index is -1.04. The summed E-state index contributed by atoms with van der Waals surface area (Å²) in [7, 11) is 1.72. The van der Waals surface area contributed by atoms with E-state index in [1.165, 1.54) is 17.9 Å². The number of anilines is 1. The van der Waals surface area contributed by atoms with E-state index >= 15 is 0 Å². The number of carbonyl (C=O) groups is 3. The van der Waals surface area contributed by atoms with Crippen LogP contribution in [0.1, 0.15) is 97.1 Å². The molecule has 4 N–H and O–H groups in total. The van der Waals surface area contributed by atoms with E-state index in [4.69, 9.17) is 14.5 Å². The summed E-state index contributed by atoms with van der Waals surface area (Å²) in [6.45, 7) is 18.7. The molecule has 2 saturated heterocycles. The van der Waals surface area contributed by atoms with Crippen LogP contribution >= 0.6 is 0 Å². The van der Waals surface area contributed by atoms with Gasteiger partial charge in [-0.05, 0) is 113 Å². The molecule has 340 valence electrons. The number of aliphatic carboxylic acids is 1. The first-order valence-corrected chi connectivity index (χ1v) is 22.7. The fourth-order valence-electron chi connectivity index (χ4n) is 9.08. The number of hydrogen-bond donors (Lipinski definition) is 4. The highest BCUT2D eigenvalue weighted by atomic mass is 16.6. The number of hydrazine groups is 1. The lowest BCUT2D eigenvalue weighted by Crippen LogP contribution is -2.60. The highest BCUT2D eigenvalue weighted by Crippen LogP contribution is 2.43.